The Morgan fingerprint density at radius 2 is 2.09 bits per heavy atom. The minimum Gasteiger partial charge on any atom is -0.356 e. The maximum absolute atomic E-state index is 11.3. The third-order valence-corrected chi connectivity index (χ3v) is 1.62. The summed E-state index contributed by atoms with van der Waals surface area (Å²) in [6, 6.07) is 3.74. The lowest BCUT2D eigenvalue weighted by molar-refractivity contribution is 0.0935. The molecule has 2 nitrogen and oxygen atoms in total. The van der Waals surface area contributed by atoms with Gasteiger partial charge in [0.2, 0.25) is 0 Å². The van der Waals surface area contributed by atoms with Crippen molar-refractivity contribution in [1.82, 2.24) is 4.98 Å². The molecule has 0 aromatic carbocycles. The molecule has 0 atom stereocenters. The number of rotatable bonds is 2. The van der Waals surface area contributed by atoms with E-state index in [2.05, 4.69) is 4.98 Å². The zero-order valence-electron chi connectivity index (χ0n) is 7.14. The maximum Gasteiger partial charge on any atom is 0.181 e. The highest BCUT2D eigenvalue weighted by molar-refractivity contribution is 5.95. The summed E-state index contributed by atoms with van der Waals surface area (Å²) in [5, 5.41) is 0. The number of Topliss-reactive ketones (excluding diaryl/α,β-unsaturated/α-hetero) is 1. The number of ketones is 1. The Morgan fingerprint density at radius 3 is 2.45 bits per heavy atom. The first-order valence-electron chi connectivity index (χ1n) is 3.81. The molecule has 60 valence electrons. The topological polar surface area (TPSA) is 32.9 Å². The van der Waals surface area contributed by atoms with Crippen LogP contribution in [0.25, 0.3) is 0 Å². The van der Waals surface area contributed by atoms with E-state index in [0.29, 0.717) is 0 Å². The first kappa shape index (κ1) is 8.05. The van der Waals surface area contributed by atoms with Crippen LogP contribution in [0, 0.1) is 12.8 Å². The molecule has 0 amide bonds. The van der Waals surface area contributed by atoms with Crippen LogP contribution < -0.4 is 0 Å². The molecule has 1 aromatic rings. The lowest BCUT2D eigenvalue weighted by Crippen LogP contribution is -2.07. The fourth-order valence-corrected chi connectivity index (χ4v) is 0.959. The van der Waals surface area contributed by atoms with Crippen LogP contribution in [0.2, 0.25) is 0 Å². The maximum atomic E-state index is 11.3. The highest BCUT2D eigenvalue weighted by Crippen LogP contribution is 2.07. The molecule has 1 rings (SSSR count). The second-order valence-electron chi connectivity index (χ2n) is 3.07. The van der Waals surface area contributed by atoms with Gasteiger partial charge in [0.05, 0.1) is 5.69 Å². The van der Waals surface area contributed by atoms with Crippen LogP contribution in [0.15, 0.2) is 12.1 Å². The fourth-order valence-electron chi connectivity index (χ4n) is 0.959. The Kier molecular flexibility index (Phi) is 2.13. The third-order valence-electron chi connectivity index (χ3n) is 1.62. The van der Waals surface area contributed by atoms with Crippen LogP contribution in [-0.2, 0) is 0 Å². The van der Waals surface area contributed by atoms with Crippen molar-refractivity contribution in [1.29, 1.82) is 0 Å². The Bertz CT molecular complexity index is 260. The van der Waals surface area contributed by atoms with E-state index in [9.17, 15) is 4.79 Å². The Balaban J connectivity index is 2.85. The molecule has 1 aromatic heterocycles. The molecule has 0 unspecified atom stereocenters. The molecule has 0 spiro atoms. The van der Waals surface area contributed by atoms with E-state index in [0.717, 1.165) is 11.4 Å². The zero-order chi connectivity index (χ0) is 8.43. The second-order valence-corrected chi connectivity index (χ2v) is 3.07. The summed E-state index contributed by atoms with van der Waals surface area (Å²) in [6.45, 7) is 5.74. The highest BCUT2D eigenvalue weighted by atomic mass is 16.1. The van der Waals surface area contributed by atoms with E-state index in [1.807, 2.05) is 32.9 Å². The number of carbonyl (C=O) groups excluding carboxylic acids is 1. The van der Waals surface area contributed by atoms with Gasteiger partial charge in [0.1, 0.15) is 0 Å². The molecular weight excluding hydrogens is 138 g/mol. The van der Waals surface area contributed by atoms with Crippen molar-refractivity contribution in [3.05, 3.63) is 23.5 Å². The van der Waals surface area contributed by atoms with Crippen molar-refractivity contribution in [3.63, 3.8) is 0 Å². The zero-order valence-corrected chi connectivity index (χ0v) is 7.14. The van der Waals surface area contributed by atoms with Crippen LogP contribution in [-0.4, -0.2) is 10.8 Å². The van der Waals surface area contributed by atoms with Gasteiger partial charge in [0, 0.05) is 11.6 Å². The molecule has 2 heteroatoms. The van der Waals surface area contributed by atoms with Gasteiger partial charge in [-0.2, -0.15) is 0 Å². The number of aromatic nitrogens is 1. The summed E-state index contributed by atoms with van der Waals surface area (Å²) in [6.07, 6.45) is 0. The number of aryl methyl sites for hydroxylation is 1. The molecule has 0 aliphatic carbocycles. The number of hydrogen-bond donors (Lipinski definition) is 1. The summed E-state index contributed by atoms with van der Waals surface area (Å²) < 4.78 is 0. The van der Waals surface area contributed by atoms with Gasteiger partial charge in [-0.1, -0.05) is 13.8 Å². The molecule has 1 heterocycles. The van der Waals surface area contributed by atoms with E-state index in [-0.39, 0.29) is 11.7 Å². The van der Waals surface area contributed by atoms with Gasteiger partial charge in [-0.3, -0.25) is 4.79 Å². The van der Waals surface area contributed by atoms with Gasteiger partial charge in [-0.25, -0.2) is 0 Å². The van der Waals surface area contributed by atoms with Crippen molar-refractivity contribution in [2.45, 2.75) is 20.8 Å². The predicted molar refractivity (Wildman–Crippen MR) is 44.7 cm³/mol. The van der Waals surface area contributed by atoms with E-state index in [1.165, 1.54) is 0 Å². The van der Waals surface area contributed by atoms with Crippen LogP contribution >= 0.6 is 0 Å². The number of carbonyl (C=O) groups is 1. The van der Waals surface area contributed by atoms with E-state index in [1.54, 1.807) is 0 Å². The normalized spacial score (nSPS) is 10.5. The fraction of sp³-hybridized carbons (Fsp3) is 0.444. The predicted octanol–water partition coefficient (Wildman–Crippen LogP) is 2.16. The summed E-state index contributed by atoms with van der Waals surface area (Å²) in [5.41, 5.74) is 1.76. The van der Waals surface area contributed by atoms with Gasteiger partial charge in [-0.15, -0.1) is 0 Å². The molecule has 0 saturated carbocycles. The Labute approximate surface area is 66.6 Å². The number of nitrogens with one attached hydrogen (secondary N) is 1. The van der Waals surface area contributed by atoms with Gasteiger partial charge in [-0.05, 0) is 19.1 Å². The average Bonchev–Trinajstić information content (AvgIpc) is 2.34. The van der Waals surface area contributed by atoms with E-state index >= 15 is 0 Å². The van der Waals surface area contributed by atoms with Crippen molar-refractivity contribution in [2.75, 3.05) is 0 Å². The molecule has 11 heavy (non-hydrogen) atoms. The Morgan fingerprint density at radius 1 is 1.45 bits per heavy atom. The highest BCUT2D eigenvalue weighted by Gasteiger charge is 2.10. The molecule has 0 saturated heterocycles. The van der Waals surface area contributed by atoms with Crippen molar-refractivity contribution in [2.24, 2.45) is 5.92 Å². The minimum absolute atomic E-state index is 0.0769. The molecule has 0 bridgehead atoms. The first-order chi connectivity index (χ1) is 5.11. The third kappa shape index (κ3) is 1.70. The monoisotopic (exact) mass is 151 g/mol. The van der Waals surface area contributed by atoms with Gasteiger partial charge in [0.15, 0.2) is 5.78 Å². The van der Waals surface area contributed by atoms with Gasteiger partial charge >= 0.3 is 0 Å². The minimum atomic E-state index is 0.0769. The van der Waals surface area contributed by atoms with Crippen LogP contribution in [0.3, 0.4) is 0 Å². The standard InChI is InChI=1S/C9H13NO/c1-6(2)9(11)8-5-4-7(3)10-8/h4-6,10H,1-3H3. The molecule has 1 N–H and O–H groups in total. The molecule has 0 radical (unpaired) electrons. The number of hydrogen-bond acceptors (Lipinski definition) is 1. The first-order valence-corrected chi connectivity index (χ1v) is 3.81. The molecule has 0 aliphatic rings. The summed E-state index contributed by atoms with van der Waals surface area (Å²) >= 11 is 0. The van der Waals surface area contributed by atoms with Crippen LogP contribution in [0.4, 0.5) is 0 Å². The van der Waals surface area contributed by atoms with Crippen molar-refractivity contribution < 1.29 is 4.79 Å². The number of aromatic amines is 1. The van der Waals surface area contributed by atoms with Crippen molar-refractivity contribution in [3.8, 4) is 0 Å². The lowest BCUT2D eigenvalue weighted by Gasteiger charge is -1.99. The summed E-state index contributed by atoms with van der Waals surface area (Å²) in [5.74, 6) is 0.256. The van der Waals surface area contributed by atoms with Gasteiger partial charge < -0.3 is 4.98 Å². The molecular formula is C9H13NO. The van der Waals surface area contributed by atoms with Crippen LogP contribution in [0.1, 0.15) is 30.0 Å². The Hall–Kier alpha value is -1.05. The van der Waals surface area contributed by atoms with E-state index in [4.69, 9.17) is 0 Å². The SMILES string of the molecule is Cc1ccc(C(=O)C(C)C)[nH]1. The largest absolute Gasteiger partial charge is 0.356 e. The smallest absolute Gasteiger partial charge is 0.181 e. The number of H-pyrrole nitrogens is 1. The van der Waals surface area contributed by atoms with E-state index < -0.39 is 0 Å². The van der Waals surface area contributed by atoms with Gasteiger partial charge in [0.25, 0.3) is 0 Å². The summed E-state index contributed by atoms with van der Waals surface area (Å²) in [4.78, 5) is 14.3. The quantitative estimate of drug-likeness (QED) is 0.645. The molecule has 0 fully saturated rings. The molecule has 0 aliphatic heterocycles. The van der Waals surface area contributed by atoms with Crippen molar-refractivity contribution >= 4 is 5.78 Å². The average molecular weight is 151 g/mol. The second kappa shape index (κ2) is 2.91. The summed E-state index contributed by atoms with van der Waals surface area (Å²) in [7, 11) is 0. The lowest BCUT2D eigenvalue weighted by atomic mass is 10.1. The van der Waals surface area contributed by atoms with Crippen LogP contribution in [0.5, 0.6) is 0 Å².